The van der Waals surface area contributed by atoms with E-state index in [0.717, 1.165) is 0 Å². The maximum absolute atomic E-state index is 10.9. The molecule has 6 nitrogen and oxygen atoms in total. The molecular weight excluding hydrogens is 272 g/mol. The average Bonchev–Trinajstić information content (AvgIpc) is 2.88. The van der Waals surface area contributed by atoms with Crippen LogP contribution in [0.25, 0.3) is 5.65 Å². The highest BCUT2D eigenvalue weighted by Crippen LogP contribution is 2.25. The fraction of sp³-hybridized carbons (Fsp3) is 0.0667. The summed E-state index contributed by atoms with van der Waals surface area (Å²) in [4.78, 5) is 15.2. The monoisotopic (exact) mass is 284 g/mol. The predicted molar refractivity (Wildman–Crippen MR) is 74.6 cm³/mol. The number of phenols is 1. The van der Waals surface area contributed by atoms with E-state index in [2.05, 4.69) is 4.98 Å². The first-order valence-electron chi connectivity index (χ1n) is 6.25. The zero-order valence-corrected chi connectivity index (χ0v) is 10.9. The number of fused-ring (bicyclic) bond motifs is 1. The van der Waals surface area contributed by atoms with E-state index in [1.165, 1.54) is 18.2 Å². The first-order valence-corrected chi connectivity index (χ1v) is 6.25. The van der Waals surface area contributed by atoms with Crippen LogP contribution in [0.3, 0.4) is 0 Å². The molecule has 0 bridgehead atoms. The van der Waals surface area contributed by atoms with E-state index < -0.39 is 5.97 Å². The summed E-state index contributed by atoms with van der Waals surface area (Å²) in [6, 6.07) is 9.67. The van der Waals surface area contributed by atoms with E-state index in [4.69, 9.17) is 9.84 Å². The summed E-state index contributed by atoms with van der Waals surface area (Å²) in [7, 11) is 0. The van der Waals surface area contributed by atoms with Crippen LogP contribution in [-0.4, -0.2) is 25.6 Å². The van der Waals surface area contributed by atoms with Crippen LogP contribution in [0, 0.1) is 0 Å². The molecule has 0 atom stereocenters. The summed E-state index contributed by atoms with van der Waals surface area (Å²) in [6.45, 7) is 0.182. The van der Waals surface area contributed by atoms with Crippen LogP contribution in [0.1, 0.15) is 16.1 Å². The number of benzene rings is 1. The van der Waals surface area contributed by atoms with Crippen molar-refractivity contribution in [1.29, 1.82) is 0 Å². The lowest BCUT2D eigenvalue weighted by atomic mass is 10.3. The quantitative estimate of drug-likeness (QED) is 0.768. The van der Waals surface area contributed by atoms with Crippen LogP contribution in [-0.2, 0) is 6.61 Å². The number of ether oxygens (including phenoxy) is 1. The van der Waals surface area contributed by atoms with E-state index in [1.807, 2.05) is 0 Å². The Hall–Kier alpha value is -3.02. The Bertz CT molecular complexity index is 810. The number of aromatic nitrogens is 2. The van der Waals surface area contributed by atoms with Crippen molar-refractivity contribution >= 4 is 11.6 Å². The third-order valence-electron chi connectivity index (χ3n) is 3.00. The molecule has 0 saturated heterocycles. The number of pyridine rings is 1. The Kier molecular flexibility index (Phi) is 3.19. The van der Waals surface area contributed by atoms with Gasteiger partial charge >= 0.3 is 5.97 Å². The predicted octanol–water partition coefficient (Wildman–Crippen LogP) is 2.32. The fourth-order valence-electron chi connectivity index (χ4n) is 1.97. The van der Waals surface area contributed by atoms with E-state index in [0.29, 0.717) is 17.1 Å². The molecule has 0 aliphatic rings. The number of para-hydroxylation sites is 2. The molecule has 0 aliphatic carbocycles. The van der Waals surface area contributed by atoms with E-state index in [1.54, 1.807) is 35.0 Å². The van der Waals surface area contributed by atoms with Gasteiger partial charge in [-0.05, 0) is 24.3 Å². The first-order chi connectivity index (χ1) is 10.1. The van der Waals surface area contributed by atoms with E-state index in [-0.39, 0.29) is 17.9 Å². The van der Waals surface area contributed by atoms with E-state index >= 15 is 0 Å². The fourth-order valence-corrected chi connectivity index (χ4v) is 1.97. The Balaban J connectivity index is 1.82. The van der Waals surface area contributed by atoms with Gasteiger partial charge in [-0.1, -0.05) is 12.1 Å². The number of rotatable bonds is 4. The number of carboxylic acid groups (broad SMARTS) is 1. The second-order valence-corrected chi connectivity index (χ2v) is 4.47. The number of aromatic carboxylic acids is 1. The van der Waals surface area contributed by atoms with Gasteiger partial charge in [0.05, 0.1) is 11.3 Å². The van der Waals surface area contributed by atoms with Gasteiger partial charge in [0.25, 0.3) is 0 Å². The number of aromatic hydroxyl groups is 1. The van der Waals surface area contributed by atoms with Gasteiger partial charge < -0.3 is 19.4 Å². The lowest BCUT2D eigenvalue weighted by molar-refractivity contribution is 0.0697. The van der Waals surface area contributed by atoms with Gasteiger partial charge in [0.2, 0.25) is 0 Å². The van der Waals surface area contributed by atoms with Gasteiger partial charge in [-0.25, -0.2) is 9.78 Å². The number of nitrogens with zero attached hydrogens (tertiary/aromatic N) is 2. The molecule has 21 heavy (non-hydrogen) atoms. The summed E-state index contributed by atoms with van der Waals surface area (Å²) in [5.74, 6) is -0.553. The molecular formula is C15H12N2O4. The topological polar surface area (TPSA) is 84.1 Å². The van der Waals surface area contributed by atoms with Crippen LogP contribution in [0.4, 0.5) is 0 Å². The Labute approximate surface area is 119 Å². The molecule has 2 heterocycles. The zero-order chi connectivity index (χ0) is 14.8. The van der Waals surface area contributed by atoms with E-state index in [9.17, 15) is 9.90 Å². The lowest BCUT2D eigenvalue weighted by Gasteiger charge is -2.05. The highest BCUT2D eigenvalue weighted by atomic mass is 16.5. The third kappa shape index (κ3) is 2.64. The minimum Gasteiger partial charge on any atom is -0.504 e. The molecule has 0 unspecified atom stereocenters. The standard InChI is InChI=1S/C15H12N2O4/c18-12-3-1-2-4-13(12)21-9-11-8-17-6-5-10(15(19)20)7-14(17)16-11/h1-8,18H,9H2,(H,19,20). The molecule has 2 N–H and O–H groups in total. The minimum absolute atomic E-state index is 0.0643. The maximum Gasteiger partial charge on any atom is 0.335 e. The minimum atomic E-state index is -0.993. The summed E-state index contributed by atoms with van der Waals surface area (Å²) in [5.41, 5.74) is 1.35. The van der Waals surface area contributed by atoms with Crippen molar-refractivity contribution in [2.45, 2.75) is 6.61 Å². The van der Waals surface area contributed by atoms with Crippen molar-refractivity contribution in [2.24, 2.45) is 0 Å². The molecule has 3 rings (SSSR count). The van der Waals surface area contributed by atoms with Crippen molar-refractivity contribution in [2.75, 3.05) is 0 Å². The number of carboxylic acids is 1. The zero-order valence-electron chi connectivity index (χ0n) is 10.9. The Morgan fingerprint density at radius 2 is 2.10 bits per heavy atom. The molecule has 2 aromatic heterocycles. The van der Waals surface area contributed by atoms with Crippen LogP contribution >= 0.6 is 0 Å². The molecule has 1 aromatic carbocycles. The number of hydrogen-bond donors (Lipinski definition) is 2. The van der Waals surface area contributed by atoms with Gasteiger partial charge in [0, 0.05) is 12.4 Å². The van der Waals surface area contributed by atoms with Gasteiger partial charge in [0.15, 0.2) is 11.5 Å². The lowest BCUT2D eigenvalue weighted by Crippen LogP contribution is -1.97. The summed E-state index contributed by atoms with van der Waals surface area (Å²) >= 11 is 0. The largest absolute Gasteiger partial charge is 0.504 e. The molecule has 0 aliphatic heterocycles. The Morgan fingerprint density at radius 1 is 1.29 bits per heavy atom. The molecule has 106 valence electrons. The number of phenolic OH excluding ortho intramolecular Hbond substituents is 1. The van der Waals surface area contributed by atoms with Gasteiger partial charge in [0.1, 0.15) is 12.3 Å². The normalized spacial score (nSPS) is 10.7. The highest BCUT2D eigenvalue weighted by Gasteiger charge is 2.08. The van der Waals surface area contributed by atoms with Gasteiger partial charge in [-0.2, -0.15) is 0 Å². The molecule has 0 fully saturated rings. The molecule has 0 radical (unpaired) electrons. The third-order valence-corrected chi connectivity index (χ3v) is 3.00. The van der Waals surface area contributed by atoms with Gasteiger partial charge in [-0.3, -0.25) is 0 Å². The smallest absolute Gasteiger partial charge is 0.335 e. The van der Waals surface area contributed by atoms with Crippen LogP contribution in [0.15, 0.2) is 48.8 Å². The SMILES string of the molecule is O=C(O)c1ccn2cc(COc3ccccc3O)nc2c1. The Morgan fingerprint density at radius 3 is 2.86 bits per heavy atom. The molecule has 3 aromatic rings. The van der Waals surface area contributed by atoms with Crippen molar-refractivity contribution in [3.05, 3.63) is 60.0 Å². The summed E-state index contributed by atoms with van der Waals surface area (Å²) in [6.07, 6.45) is 3.39. The first kappa shape index (κ1) is 13.0. The molecule has 6 heteroatoms. The molecule has 0 amide bonds. The average molecular weight is 284 g/mol. The number of carbonyl (C=O) groups is 1. The second kappa shape index (κ2) is 5.16. The number of hydrogen-bond acceptors (Lipinski definition) is 4. The van der Waals surface area contributed by atoms with Crippen LogP contribution in [0.5, 0.6) is 11.5 Å². The maximum atomic E-state index is 10.9. The van der Waals surface area contributed by atoms with Crippen molar-refractivity contribution in [3.63, 3.8) is 0 Å². The molecule has 0 spiro atoms. The van der Waals surface area contributed by atoms with Crippen molar-refractivity contribution in [1.82, 2.24) is 9.38 Å². The second-order valence-electron chi connectivity index (χ2n) is 4.47. The summed E-state index contributed by atoms with van der Waals surface area (Å²) in [5, 5.41) is 18.6. The highest BCUT2D eigenvalue weighted by molar-refractivity contribution is 5.88. The van der Waals surface area contributed by atoms with Crippen LogP contribution in [0.2, 0.25) is 0 Å². The summed E-state index contributed by atoms with van der Waals surface area (Å²) < 4.78 is 7.21. The number of imidazole rings is 1. The van der Waals surface area contributed by atoms with Crippen molar-refractivity contribution < 1.29 is 19.7 Å². The van der Waals surface area contributed by atoms with Crippen LogP contribution < -0.4 is 4.74 Å². The van der Waals surface area contributed by atoms with Crippen molar-refractivity contribution in [3.8, 4) is 11.5 Å². The van der Waals surface area contributed by atoms with Gasteiger partial charge in [-0.15, -0.1) is 0 Å². The molecule has 0 saturated carbocycles.